The molecule has 0 saturated carbocycles. The smallest absolute Gasteiger partial charge is 0.261 e. The van der Waals surface area contributed by atoms with Crippen LogP contribution in [0.25, 0.3) is 0 Å². The molecule has 1 aromatic carbocycles. The molecule has 2 rings (SSSR count). The summed E-state index contributed by atoms with van der Waals surface area (Å²) in [4.78, 5) is 24.3. The van der Waals surface area contributed by atoms with Crippen LogP contribution in [0.15, 0.2) is 35.7 Å². The summed E-state index contributed by atoms with van der Waals surface area (Å²) in [6, 6.07) is 9.13. The summed E-state index contributed by atoms with van der Waals surface area (Å²) in [5.41, 5.74) is 1.67. The van der Waals surface area contributed by atoms with Crippen LogP contribution in [0.4, 0.5) is 5.69 Å². The number of amides is 2. The average molecular weight is 318 g/mol. The van der Waals surface area contributed by atoms with Crippen LogP contribution in [-0.2, 0) is 4.79 Å². The second-order valence-electron chi connectivity index (χ2n) is 4.74. The van der Waals surface area contributed by atoms with E-state index in [4.69, 9.17) is 4.74 Å². The Bertz CT molecular complexity index is 653. The minimum absolute atomic E-state index is 0.157. The number of aryl methyl sites for hydroxylation is 1. The molecule has 0 radical (unpaired) electrons. The van der Waals surface area contributed by atoms with Crippen molar-refractivity contribution in [3.05, 3.63) is 46.2 Å². The molecule has 0 unspecified atom stereocenters. The van der Waals surface area contributed by atoms with Gasteiger partial charge in [0.15, 0.2) is 0 Å². The second-order valence-corrected chi connectivity index (χ2v) is 5.68. The normalized spacial score (nSPS) is 10.1. The van der Waals surface area contributed by atoms with E-state index in [2.05, 4.69) is 10.6 Å². The van der Waals surface area contributed by atoms with Gasteiger partial charge >= 0.3 is 0 Å². The van der Waals surface area contributed by atoms with Crippen LogP contribution in [0.1, 0.15) is 21.7 Å². The number of benzene rings is 1. The van der Waals surface area contributed by atoms with Crippen molar-refractivity contribution in [3.8, 4) is 5.75 Å². The van der Waals surface area contributed by atoms with Crippen molar-refractivity contribution < 1.29 is 14.3 Å². The van der Waals surface area contributed by atoms with Crippen molar-refractivity contribution in [3.63, 3.8) is 0 Å². The van der Waals surface area contributed by atoms with Crippen LogP contribution in [0.3, 0.4) is 0 Å². The van der Waals surface area contributed by atoms with E-state index in [0.717, 1.165) is 5.56 Å². The molecular weight excluding hydrogens is 300 g/mol. The first kappa shape index (κ1) is 16.0. The zero-order valence-corrected chi connectivity index (χ0v) is 13.3. The van der Waals surface area contributed by atoms with Gasteiger partial charge in [-0.1, -0.05) is 12.1 Å². The van der Waals surface area contributed by atoms with Gasteiger partial charge in [-0.05, 0) is 36.1 Å². The van der Waals surface area contributed by atoms with Crippen LogP contribution in [0.5, 0.6) is 5.75 Å². The highest BCUT2D eigenvalue weighted by Crippen LogP contribution is 2.25. The van der Waals surface area contributed by atoms with Gasteiger partial charge in [-0.25, -0.2) is 0 Å². The molecule has 2 aromatic rings. The van der Waals surface area contributed by atoms with Gasteiger partial charge in [0, 0.05) is 13.0 Å². The van der Waals surface area contributed by atoms with E-state index in [1.165, 1.54) is 11.3 Å². The fraction of sp³-hybridized carbons (Fsp3) is 0.250. The molecule has 0 aliphatic carbocycles. The molecule has 2 N–H and O–H groups in total. The molecule has 22 heavy (non-hydrogen) atoms. The van der Waals surface area contributed by atoms with Crippen molar-refractivity contribution >= 4 is 28.8 Å². The molecule has 0 atom stereocenters. The Morgan fingerprint density at radius 3 is 2.77 bits per heavy atom. The van der Waals surface area contributed by atoms with Crippen molar-refractivity contribution in [1.82, 2.24) is 5.32 Å². The fourth-order valence-corrected chi connectivity index (χ4v) is 2.56. The van der Waals surface area contributed by atoms with E-state index in [9.17, 15) is 9.59 Å². The van der Waals surface area contributed by atoms with E-state index in [0.29, 0.717) is 16.3 Å². The molecule has 5 nitrogen and oxygen atoms in total. The van der Waals surface area contributed by atoms with Crippen molar-refractivity contribution in [1.29, 1.82) is 0 Å². The maximum atomic E-state index is 11.9. The summed E-state index contributed by atoms with van der Waals surface area (Å²) >= 11 is 1.37. The maximum Gasteiger partial charge on any atom is 0.261 e. The average Bonchev–Trinajstić information content (AvgIpc) is 3.01. The predicted octanol–water partition coefficient (Wildman–Crippen LogP) is 2.82. The Labute approximate surface area is 133 Å². The third kappa shape index (κ3) is 4.33. The van der Waals surface area contributed by atoms with Crippen molar-refractivity contribution in [2.45, 2.75) is 13.3 Å². The molecule has 6 heteroatoms. The monoisotopic (exact) mass is 318 g/mol. The number of hydrogen-bond acceptors (Lipinski definition) is 4. The third-order valence-corrected chi connectivity index (χ3v) is 3.88. The lowest BCUT2D eigenvalue weighted by Gasteiger charge is -2.11. The summed E-state index contributed by atoms with van der Waals surface area (Å²) in [7, 11) is 1.56. The number of thiophene rings is 1. The van der Waals surface area contributed by atoms with Gasteiger partial charge in [-0.15, -0.1) is 11.3 Å². The lowest BCUT2D eigenvalue weighted by Crippen LogP contribution is -2.27. The van der Waals surface area contributed by atoms with E-state index in [1.807, 2.05) is 36.6 Å². The lowest BCUT2D eigenvalue weighted by atomic mass is 10.2. The van der Waals surface area contributed by atoms with Crippen molar-refractivity contribution in [2.75, 3.05) is 19.0 Å². The van der Waals surface area contributed by atoms with E-state index in [1.54, 1.807) is 13.2 Å². The number of nitrogens with one attached hydrogen (secondary N) is 2. The molecule has 1 heterocycles. The molecule has 1 aromatic heterocycles. The van der Waals surface area contributed by atoms with Gasteiger partial charge in [-0.3, -0.25) is 9.59 Å². The number of hydrogen-bond donors (Lipinski definition) is 2. The maximum absolute atomic E-state index is 11.9. The van der Waals surface area contributed by atoms with E-state index in [-0.39, 0.29) is 24.8 Å². The largest absolute Gasteiger partial charge is 0.495 e. The first-order valence-electron chi connectivity index (χ1n) is 6.86. The van der Waals surface area contributed by atoms with Crippen LogP contribution in [0, 0.1) is 6.92 Å². The Hall–Kier alpha value is -2.34. The number of carbonyl (C=O) groups excluding carboxylic acids is 2. The summed E-state index contributed by atoms with van der Waals surface area (Å²) in [5, 5.41) is 7.36. The van der Waals surface area contributed by atoms with E-state index < -0.39 is 0 Å². The lowest BCUT2D eigenvalue weighted by molar-refractivity contribution is -0.116. The Morgan fingerprint density at radius 2 is 2.09 bits per heavy atom. The minimum atomic E-state index is -0.171. The van der Waals surface area contributed by atoms with Gasteiger partial charge in [0.1, 0.15) is 5.75 Å². The first-order valence-corrected chi connectivity index (χ1v) is 7.74. The van der Waals surface area contributed by atoms with Crippen LogP contribution in [0.2, 0.25) is 0 Å². The van der Waals surface area contributed by atoms with Gasteiger partial charge in [0.25, 0.3) is 5.91 Å². The van der Waals surface area contributed by atoms with Crippen LogP contribution >= 0.6 is 11.3 Å². The molecule has 0 saturated heterocycles. The third-order valence-electron chi connectivity index (χ3n) is 3.01. The molecule has 0 spiro atoms. The molecule has 0 bridgehead atoms. The quantitative estimate of drug-likeness (QED) is 0.860. The van der Waals surface area contributed by atoms with Gasteiger partial charge in [-0.2, -0.15) is 0 Å². The van der Waals surface area contributed by atoms with Gasteiger partial charge in [0.05, 0.1) is 17.7 Å². The first-order chi connectivity index (χ1) is 10.6. The zero-order chi connectivity index (χ0) is 15.9. The minimum Gasteiger partial charge on any atom is -0.495 e. The highest BCUT2D eigenvalue weighted by atomic mass is 32.1. The van der Waals surface area contributed by atoms with Crippen molar-refractivity contribution in [2.24, 2.45) is 0 Å². The van der Waals surface area contributed by atoms with E-state index >= 15 is 0 Å². The summed E-state index contributed by atoms with van der Waals surface area (Å²) in [6.07, 6.45) is 0.203. The summed E-state index contributed by atoms with van der Waals surface area (Å²) in [5.74, 6) is 0.285. The fourth-order valence-electron chi connectivity index (χ4n) is 1.92. The van der Waals surface area contributed by atoms with Gasteiger partial charge in [0.2, 0.25) is 5.91 Å². The SMILES string of the molecule is COc1ccc(C)cc1NC(=O)CCNC(=O)c1cccs1. The van der Waals surface area contributed by atoms with Crippen LogP contribution < -0.4 is 15.4 Å². The topological polar surface area (TPSA) is 67.4 Å². The highest BCUT2D eigenvalue weighted by molar-refractivity contribution is 7.12. The Morgan fingerprint density at radius 1 is 1.27 bits per heavy atom. The number of ether oxygens (including phenoxy) is 1. The molecule has 116 valence electrons. The molecule has 0 fully saturated rings. The summed E-state index contributed by atoms with van der Waals surface area (Å²) in [6.45, 7) is 2.23. The second kappa shape index (κ2) is 7.61. The zero-order valence-electron chi connectivity index (χ0n) is 12.5. The number of methoxy groups -OCH3 is 1. The number of rotatable bonds is 6. The molecular formula is C16H18N2O3S. The number of anilines is 1. The van der Waals surface area contributed by atoms with Gasteiger partial charge < -0.3 is 15.4 Å². The standard InChI is InChI=1S/C16H18N2O3S/c1-11-5-6-13(21-2)12(10-11)18-15(19)7-8-17-16(20)14-4-3-9-22-14/h3-6,9-10H,7-8H2,1-2H3,(H,17,20)(H,18,19). The Kier molecular flexibility index (Phi) is 5.55. The van der Waals surface area contributed by atoms with Crippen LogP contribution in [-0.4, -0.2) is 25.5 Å². The molecule has 0 aliphatic rings. The molecule has 0 aliphatic heterocycles. The predicted molar refractivity (Wildman–Crippen MR) is 87.6 cm³/mol. The number of carbonyl (C=O) groups is 2. The highest BCUT2D eigenvalue weighted by Gasteiger charge is 2.09. The Balaban J connectivity index is 1.83. The summed E-state index contributed by atoms with van der Waals surface area (Å²) < 4.78 is 5.21. The molecule has 2 amide bonds.